The molecule has 2 N–H and O–H groups in total. The van der Waals surface area contributed by atoms with Gasteiger partial charge < -0.3 is 10.4 Å². The zero-order valence-corrected chi connectivity index (χ0v) is 12.8. The molecule has 0 bridgehead atoms. The Morgan fingerprint density at radius 2 is 2.33 bits per heavy atom. The van der Waals surface area contributed by atoms with Crippen molar-refractivity contribution in [3.63, 3.8) is 0 Å². The molecule has 1 aromatic carbocycles. The fourth-order valence-corrected chi connectivity index (χ4v) is 3.04. The lowest BCUT2D eigenvalue weighted by molar-refractivity contribution is -0.385. The number of nitro benzene ring substituents is 1. The van der Waals surface area contributed by atoms with Gasteiger partial charge in [0.1, 0.15) is 5.82 Å². The number of carboxylic acids is 1. The van der Waals surface area contributed by atoms with E-state index in [1.165, 1.54) is 10.7 Å². The first-order valence-corrected chi connectivity index (χ1v) is 7.35. The Hall–Kier alpha value is -2.81. The number of nitro groups is 1. The van der Waals surface area contributed by atoms with E-state index in [0.29, 0.717) is 18.7 Å². The van der Waals surface area contributed by atoms with Gasteiger partial charge in [-0.05, 0) is 12.1 Å². The van der Waals surface area contributed by atoms with Crippen molar-refractivity contribution in [3.05, 3.63) is 56.6 Å². The molecule has 9 heteroatoms. The number of aromatic nitrogens is 2. The molecule has 1 aliphatic heterocycles. The number of nitrogens with one attached hydrogen (secondary N) is 1. The Kier molecular flexibility index (Phi) is 4.02. The van der Waals surface area contributed by atoms with Gasteiger partial charge in [0.15, 0.2) is 5.69 Å². The zero-order chi connectivity index (χ0) is 17.4. The SMILES string of the molecule is CC1CNCc2c(C(=O)O)nn(Cc3ccc(F)cc3[N+](=O)[O-])c21. The molecule has 126 valence electrons. The minimum absolute atomic E-state index is 0.00820. The topological polar surface area (TPSA) is 110 Å². The Labute approximate surface area is 136 Å². The maximum atomic E-state index is 13.3. The number of halogens is 1. The molecule has 2 heterocycles. The molecule has 1 atom stereocenters. The molecule has 8 nitrogen and oxygen atoms in total. The van der Waals surface area contributed by atoms with Crippen molar-refractivity contribution in [1.29, 1.82) is 0 Å². The van der Waals surface area contributed by atoms with Gasteiger partial charge in [0.25, 0.3) is 5.69 Å². The van der Waals surface area contributed by atoms with Crippen molar-refractivity contribution in [3.8, 4) is 0 Å². The summed E-state index contributed by atoms with van der Waals surface area (Å²) < 4.78 is 14.8. The number of rotatable bonds is 4. The molecule has 0 saturated carbocycles. The van der Waals surface area contributed by atoms with E-state index >= 15 is 0 Å². The largest absolute Gasteiger partial charge is 0.476 e. The zero-order valence-electron chi connectivity index (χ0n) is 12.8. The summed E-state index contributed by atoms with van der Waals surface area (Å²) in [4.78, 5) is 21.9. The predicted octanol–water partition coefficient (Wildman–Crippen LogP) is 1.88. The van der Waals surface area contributed by atoms with Crippen LogP contribution in [0.4, 0.5) is 10.1 Å². The van der Waals surface area contributed by atoms with Crippen LogP contribution >= 0.6 is 0 Å². The van der Waals surface area contributed by atoms with E-state index in [9.17, 15) is 24.4 Å². The molecular weight excluding hydrogens is 319 g/mol. The first-order chi connectivity index (χ1) is 11.4. The second-order valence-electron chi connectivity index (χ2n) is 5.74. The lowest BCUT2D eigenvalue weighted by Crippen LogP contribution is -2.28. The van der Waals surface area contributed by atoms with Gasteiger partial charge in [-0.3, -0.25) is 14.8 Å². The van der Waals surface area contributed by atoms with Gasteiger partial charge in [-0.2, -0.15) is 5.10 Å². The molecule has 0 aliphatic carbocycles. The average Bonchev–Trinajstić information content (AvgIpc) is 2.89. The molecule has 2 aromatic rings. The highest BCUT2D eigenvalue weighted by Gasteiger charge is 2.29. The van der Waals surface area contributed by atoms with E-state index < -0.39 is 16.7 Å². The summed E-state index contributed by atoms with van der Waals surface area (Å²) in [5.41, 5.74) is 1.19. The van der Waals surface area contributed by atoms with Crippen LogP contribution in [-0.4, -0.2) is 32.3 Å². The average molecular weight is 334 g/mol. The Morgan fingerprint density at radius 1 is 1.58 bits per heavy atom. The summed E-state index contributed by atoms with van der Waals surface area (Å²) in [6, 6.07) is 3.32. The summed E-state index contributed by atoms with van der Waals surface area (Å²) in [5.74, 6) is -1.83. The van der Waals surface area contributed by atoms with Crippen molar-refractivity contribution >= 4 is 11.7 Å². The van der Waals surface area contributed by atoms with E-state index in [2.05, 4.69) is 10.4 Å². The van der Waals surface area contributed by atoms with E-state index in [-0.39, 0.29) is 29.4 Å². The van der Waals surface area contributed by atoms with Gasteiger partial charge in [0.2, 0.25) is 0 Å². The number of hydrogen-bond donors (Lipinski definition) is 2. The highest BCUT2D eigenvalue weighted by atomic mass is 19.1. The normalized spacial score (nSPS) is 16.7. The highest BCUT2D eigenvalue weighted by molar-refractivity contribution is 5.87. The molecule has 0 saturated heterocycles. The van der Waals surface area contributed by atoms with Crippen LogP contribution in [0.5, 0.6) is 0 Å². The molecule has 24 heavy (non-hydrogen) atoms. The standard InChI is InChI=1S/C15H15FN4O4/c1-8-5-17-6-11-13(15(21)22)18-19(14(8)11)7-9-2-3-10(16)4-12(9)20(23)24/h2-4,8,17H,5-7H2,1H3,(H,21,22). The third kappa shape index (κ3) is 2.73. The van der Waals surface area contributed by atoms with Crippen molar-refractivity contribution < 1.29 is 19.2 Å². The molecule has 0 radical (unpaired) electrons. The van der Waals surface area contributed by atoms with E-state index in [1.54, 1.807) is 0 Å². The van der Waals surface area contributed by atoms with Crippen LogP contribution in [0, 0.1) is 15.9 Å². The number of nitrogens with zero attached hydrogens (tertiary/aromatic N) is 3. The summed E-state index contributed by atoms with van der Waals surface area (Å²) in [6.07, 6.45) is 0. The van der Waals surface area contributed by atoms with E-state index in [0.717, 1.165) is 17.8 Å². The van der Waals surface area contributed by atoms with Crippen LogP contribution in [0.1, 0.15) is 40.2 Å². The first-order valence-electron chi connectivity index (χ1n) is 7.35. The van der Waals surface area contributed by atoms with Crippen LogP contribution in [0.25, 0.3) is 0 Å². The van der Waals surface area contributed by atoms with Gasteiger partial charge in [-0.1, -0.05) is 6.92 Å². The van der Waals surface area contributed by atoms with Crippen LogP contribution in [0.3, 0.4) is 0 Å². The fraction of sp³-hybridized carbons (Fsp3) is 0.333. The van der Waals surface area contributed by atoms with Gasteiger partial charge >= 0.3 is 5.97 Å². The maximum Gasteiger partial charge on any atom is 0.356 e. The predicted molar refractivity (Wildman–Crippen MR) is 81.5 cm³/mol. The van der Waals surface area contributed by atoms with Crippen molar-refractivity contribution in [1.82, 2.24) is 15.1 Å². The summed E-state index contributed by atoms with van der Waals surface area (Å²) in [5, 5.41) is 27.7. The smallest absolute Gasteiger partial charge is 0.356 e. The van der Waals surface area contributed by atoms with Crippen molar-refractivity contribution in [2.45, 2.75) is 25.9 Å². The summed E-state index contributed by atoms with van der Waals surface area (Å²) in [6.45, 7) is 2.97. The molecule has 0 fully saturated rings. The third-order valence-electron chi connectivity index (χ3n) is 4.08. The minimum Gasteiger partial charge on any atom is -0.476 e. The summed E-state index contributed by atoms with van der Waals surface area (Å²) in [7, 11) is 0. The lowest BCUT2D eigenvalue weighted by Gasteiger charge is -2.22. The molecule has 3 rings (SSSR count). The number of benzene rings is 1. The van der Waals surface area contributed by atoms with Gasteiger partial charge in [-0.25, -0.2) is 9.18 Å². The van der Waals surface area contributed by atoms with E-state index in [1.807, 2.05) is 6.92 Å². The number of hydrogen-bond acceptors (Lipinski definition) is 5. The number of carboxylic acid groups (broad SMARTS) is 1. The second kappa shape index (κ2) is 6.00. The van der Waals surface area contributed by atoms with Crippen LogP contribution in [0.15, 0.2) is 18.2 Å². The Morgan fingerprint density at radius 3 is 3.00 bits per heavy atom. The maximum absolute atomic E-state index is 13.3. The monoisotopic (exact) mass is 334 g/mol. The van der Waals surface area contributed by atoms with Gasteiger partial charge in [0.05, 0.1) is 23.1 Å². The summed E-state index contributed by atoms with van der Waals surface area (Å²) >= 11 is 0. The lowest BCUT2D eigenvalue weighted by atomic mass is 9.97. The fourth-order valence-electron chi connectivity index (χ4n) is 3.04. The minimum atomic E-state index is -1.14. The van der Waals surface area contributed by atoms with Crippen LogP contribution < -0.4 is 5.32 Å². The van der Waals surface area contributed by atoms with Crippen LogP contribution in [-0.2, 0) is 13.1 Å². The molecule has 1 aliphatic rings. The molecule has 0 spiro atoms. The van der Waals surface area contributed by atoms with Crippen molar-refractivity contribution in [2.24, 2.45) is 0 Å². The van der Waals surface area contributed by atoms with E-state index in [4.69, 9.17) is 0 Å². The first kappa shape index (κ1) is 16.1. The highest BCUT2D eigenvalue weighted by Crippen LogP contribution is 2.29. The second-order valence-corrected chi connectivity index (χ2v) is 5.74. The number of carbonyl (C=O) groups is 1. The number of fused-ring (bicyclic) bond motifs is 1. The molecule has 1 unspecified atom stereocenters. The molecular formula is C15H15FN4O4. The van der Waals surface area contributed by atoms with Gasteiger partial charge in [-0.15, -0.1) is 0 Å². The Bertz CT molecular complexity index is 833. The quantitative estimate of drug-likeness (QED) is 0.652. The van der Waals surface area contributed by atoms with Crippen molar-refractivity contribution in [2.75, 3.05) is 6.54 Å². The van der Waals surface area contributed by atoms with Gasteiger partial charge in [0, 0.05) is 30.3 Å². The molecule has 0 amide bonds. The van der Waals surface area contributed by atoms with Crippen LogP contribution in [0.2, 0.25) is 0 Å². The third-order valence-corrected chi connectivity index (χ3v) is 4.08. The Balaban J connectivity index is 2.09. The molecule has 1 aromatic heterocycles. The number of aromatic carboxylic acids is 1.